The summed E-state index contributed by atoms with van der Waals surface area (Å²) in [4.78, 5) is 0. The summed E-state index contributed by atoms with van der Waals surface area (Å²) in [6.45, 7) is 0.0769. The minimum absolute atomic E-state index is 0.0211. The highest BCUT2D eigenvalue weighted by molar-refractivity contribution is 5.88. The summed E-state index contributed by atoms with van der Waals surface area (Å²) in [6.07, 6.45) is -4.94. The molecule has 96 valence electrons. The van der Waals surface area contributed by atoms with Gasteiger partial charge in [-0.15, -0.1) is 0 Å². The summed E-state index contributed by atoms with van der Waals surface area (Å²) in [7, 11) is 0. The third kappa shape index (κ3) is 3.39. The van der Waals surface area contributed by atoms with Crippen LogP contribution in [-0.4, -0.2) is 12.8 Å². The number of halogens is 3. The normalized spacial score (nSPS) is 11.7. The Morgan fingerprint density at radius 3 is 2.44 bits per heavy atom. The maximum absolute atomic E-state index is 12.0. The first kappa shape index (κ1) is 12.7. The second-order valence-electron chi connectivity index (χ2n) is 4.04. The average molecular weight is 254 g/mol. The molecular formula is C14H13F3O. The highest BCUT2D eigenvalue weighted by Crippen LogP contribution is 2.26. The van der Waals surface area contributed by atoms with E-state index in [4.69, 9.17) is 4.74 Å². The van der Waals surface area contributed by atoms with Gasteiger partial charge in [-0.05, 0) is 17.9 Å². The van der Waals surface area contributed by atoms with Crippen molar-refractivity contribution in [3.63, 3.8) is 0 Å². The van der Waals surface area contributed by atoms with Crippen molar-refractivity contribution in [3.05, 3.63) is 42.5 Å². The third-order valence-corrected chi connectivity index (χ3v) is 2.61. The van der Waals surface area contributed by atoms with E-state index in [9.17, 15) is 13.2 Å². The Morgan fingerprint density at radius 2 is 1.67 bits per heavy atom. The molecule has 2 aromatic carbocycles. The van der Waals surface area contributed by atoms with Crippen LogP contribution >= 0.6 is 0 Å². The molecule has 0 amide bonds. The molecule has 0 atom stereocenters. The van der Waals surface area contributed by atoms with Crippen molar-refractivity contribution < 1.29 is 17.9 Å². The van der Waals surface area contributed by atoms with Crippen LogP contribution in [0.4, 0.5) is 13.2 Å². The summed E-state index contributed by atoms with van der Waals surface area (Å²) in [6, 6.07) is 13.2. The molecule has 0 saturated carbocycles. The van der Waals surface area contributed by atoms with Gasteiger partial charge in [0.2, 0.25) is 0 Å². The van der Waals surface area contributed by atoms with E-state index < -0.39 is 12.6 Å². The lowest BCUT2D eigenvalue weighted by Gasteiger charge is -2.10. The zero-order valence-electron chi connectivity index (χ0n) is 9.70. The first-order chi connectivity index (χ1) is 8.56. The van der Waals surface area contributed by atoms with Gasteiger partial charge in [-0.1, -0.05) is 36.4 Å². The van der Waals surface area contributed by atoms with E-state index in [2.05, 4.69) is 0 Å². The van der Waals surface area contributed by atoms with Crippen LogP contribution in [0, 0.1) is 0 Å². The summed E-state index contributed by atoms with van der Waals surface area (Å²) >= 11 is 0. The number of hydrogen-bond acceptors (Lipinski definition) is 1. The Kier molecular flexibility index (Phi) is 3.75. The van der Waals surface area contributed by atoms with Crippen LogP contribution in [0.25, 0.3) is 10.8 Å². The molecule has 0 radical (unpaired) electrons. The van der Waals surface area contributed by atoms with E-state index in [1.807, 2.05) is 36.4 Å². The van der Waals surface area contributed by atoms with Gasteiger partial charge in [0.25, 0.3) is 0 Å². The number of fused-ring (bicyclic) bond motifs is 1. The number of hydrogen-bond donors (Lipinski definition) is 0. The van der Waals surface area contributed by atoms with Crippen LogP contribution in [0.15, 0.2) is 42.5 Å². The lowest BCUT2D eigenvalue weighted by molar-refractivity contribution is -0.136. The zero-order valence-corrected chi connectivity index (χ0v) is 9.70. The number of ether oxygens (including phenoxy) is 1. The van der Waals surface area contributed by atoms with Crippen molar-refractivity contribution in [2.45, 2.75) is 19.0 Å². The Bertz CT molecular complexity index is 514. The second kappa shape index (κ2) is 5.29. The maximum atomic E-state index is 12.0. The quantitative estimate of drug-likeness (QED) is 0.727. The molecule has 2 rings (SSSR count). The lowest BCUT2D eigenvalue weighted by Crippen LogP contribution is -2.09. The number of benzene rings is 2. The molecule has 0 saturated heterocycles. The van der Waals surface area contributed by atoms with Crippen LogP contribution in [0.5, 0.6) is 5.75 Å². The molecular weight excluding hydrogens is 241 g/mol. The summed E-state index contributed by atoms with van der Waals surface area (Å²) in [5, 5.41) is 1.94. The number of alkyl halides is 3. The van der Waals surface area contributed by atoms with Crippen molar-refractivity contribution in [2.75, 3.05) is 6.61 Å². The fraction of sp³-hybridized carbons (Fsp3) is 0.286. The van der Waals surface area contributed by atoms with E-state index in [1.165, 1.54) is 0 Å². The zero-order chi connectivity index (χ0) is 13.0. The molecule has 0 aliphatic heterocycles. The summed E-state index contributed by atoms with van der Waals surface area (Å²) in [5.41, 5.74) is 0. The maximum Gasteiger partial charge on any atom is 0.389 e. The van der Waals surface area contributed by atoms with E-state index in [0.29, 0.717) is 5.75 Å². The van der Waals surface area contributed by atoms with E-state index in [0.717, 1.165) is 10.8 Å². The van der Waals surface area contributed by atoms with Crippen LogP contribution in [0.3, 0.4) is 0 Å². The van der Waals surface area contributed by atoms with E-state index in [1.54, 1.807) is 6.07 Å². The highest BCUT2D eigenvalue weighted by atomic mass is 19.4. The number of rotatable bonds is 4. The van der Waals surface area contributed by atoms with E-state index in [-0.39, 0.29) is 13.0 Å². The van der Waals surface area contributed by atoms with Crippen molar-refractivity contribution in [3.8, 4) is 5.75 Å². The van der Waals surface area contributed by atoms with Gasteiger partial charge < -0.3 is 4.74 Å². The van der Waals surface area contributed by atoms with Gasteiger partial charge >= 0.3 is 6.18 Å². The standard InChI is InChI=1S/C14H13F3O/c15-14(16,17)9-4-10-18-13-8-3-6-11-5-1-2-7-12(11)13/h1-3,5-8H,4,9-10H2. The summed E-state index contributed by atoms with van der Waals surface area (Å²) in [5.74, 6) is 0.635. The molecule has 0 spiro atoms. The predicted octanol–water partition coefficient (Wildman–Crippen LogP) is 4.56. The van der Waals surface area contributed by atoms with E-state index >= 15 is 0 Å². The second-order valence-corrected chi connectivity index (χ2v) is 4.04. The van der Waals surface area contributed by atoms with Crippen molar-refractivity contribution >= 4 is 10.8 Å². The van der Waals surface area contributed by atoms with Crippen molar-refractivity contribution in [1.82, 2.24) is 0 Å². The van der Waals surface area contributed by atoms with Gasteiger partial charge in [-0.25, -0.2) is 0 Å². The lowest BCUT2D eigenvalue weighted by atomic mass is 10.1. The van der Waals surface area contributed by atoms with Crippen LogP contribution < -0.4 is 4.74 Å². The molecule has 0 unspecified atom stereocenters. The van der Waals surface area contributed by atoms with Crippen LogP contribution in [0.1, 0.15) is 12.8 Å². The first-order valence-corrected chi connectivity index (χ1v) is 5.73. The largest absolute Gasteiger partial charge is 0.493 e. The molecule has 18 heavy (non-hydrogen) atoms. The topological polar surface area (TPSA) is 9.23 Å². The van der Waals surface area contributed by atoms with Crippen molar-refractivity contribution in [1.29, 1.82) is 0 Å². The molecule has 0 fully saturated rings. The Labute approximate surface area is 103 Å². The molecule has 0 bridgehead atoms. The monoisotopic (exact) mass is 254 g/mol. The van der Waals surface area contributed by atoms with Crippen molar-refractivity contribution in [2.24, 2.45) is 0 Å². The predicted molar refractivity (Wildman–Crippen MR) is 64.7 cm³/mol. The smallest absolute Gasteiger partial charge is 0.389 e. The Morgan fingerprint density at radius 1 is 0.944 bits per heavy atom. The van der Waals surface area contributed by atoms with Crippen LogP contribution in [0.2, 0.25) is 0 Å². The molecule has 0 aliphatic rings. The third-order valence-electron chi connectivity index (χ3n) is 2.61. The average Bonchev–Trinajstić information content (AvgIpc) is 2.33. The van der Waals surface area contributed by atoms with Gasteiger partial charge in [-0.3, -0.25) is 0 Å². The highest BCUT2D eigenvalue weighted by Gasteiger charge is 2.26. The Balaban J connectivity index is 2.00. The fourth-order valence-electron chi connectivity index (χ4n) is 1.78. The molecule has 0 aliphatic carbocycles. The SMILES string of the molecule is FC(F)(F)CCCOc1cccc2ccccc12. The minimum Gasteiger partial charge on any atom is -0.493 e. The molecule has 2 aromatic rings. The first-order valence-electron chi connectivity index (χ1n) is 5.73. The van der Waals surface area contributed by atoms with Crippen LogP contribution in [-0.2, 0) is 0 Å². The van der Waals surface area contributed by atoms with Gasteiger partial charge in [-0.2, -0.15) is 13.2 Å². The van der Waals surface area contributed by atoms with Gasteiger partial charge in [0.15, 0.2) is 0 Å². The molecule has 1 nitrogen and oxygen atoms in total. The minimum atomic E-state index is -4.11. The summed E-state index contributed by atoms with van der Waals surface area (Å²) < 4.78 is 41.4. The molecule has 0 aromatic heterocycles. The van der Waals surface area contributed by atoms with Gasteiger partial charge in [0.05, 0.1) is 6.61 Å². The van der Waals surface area contributed by atoms with Gasteiger partial charge in [0.1, 0.15) is 5.75 Å². The molecule has 0 heterocycles. The Hall–Kier alpha value is -1.71. The fourth-order valence-corrected chi connectivity index (χ4v) is 1.78. The molecule has 0 N–H and O–H groups in total. The molecule has 4 heteroatoms. The van der Waals surface area contributed by atoms with Gasteiger partial charge in [0, 0.05) is 11.8 Å².